The van der Waals surface area contributed by atoms with E-state index in [4.69, 9.17) is 0 Å². The van der Waals surface area contributed by atoms with E-state index in [9.17, 15) is 0 Å². The van der Waals surface area contributed by atoms with Gasteiger partial charge in [-0.1, -0.05) is 27.7 Å². The molecule has 0 aliphatic heterocycles. The van der Waals surface area contributed by atoms with Crippen molar-refractivity contribution >= 4 is 0 Å². The predicted molar refractivity (Wildman–Crippen MR) is 87.1 cm³/mol. The molecule has 1 aliphatic rings. The number of aromatic nitrogens is 3. The van der Waals surface area contributed by atoms with E-state index in [1.165, 1.54) is 25.1 Å². The van der Waals surface area contributed by atoms with Crippen LogP contribution >= 0.6 is 0 Å². The Morgan fingerprint density at radius 1 is 1.38 bits per heavy atom. The zero-order chi connectivity index (χ0) is 15.5. The minimum absolute atomic E-state index is 0.470. The predicted octanol–water partition coefficient (Wildman–Crippen LogP) is 3.14. The molecule has 2 rings (SSSR count). The van der Waals surface area contributed by atoms with Crippen LogP contribution < -0.4 is 5.32 Å². The first kappa shape index (κ1) is 16.5. The SMILES string of the molecule is CNCC1CCC(C)(C)CC1Cc1ncnn1CC(C)C. The molecule has 0 radical (unpaired) electrons. The Morgan fingerprint density at radius 2 is 2.14 bits per heavy atom. The molecule has 1 aromatic rings. The largest absolute Gasteiger partial charge is 0.319 e. The summed E-state index contributed by atoms with van der Waals surface area (Å²) >= 11 is 0. The highest BCUT2D eigenvalue weighted by molar-refractivity contribution is 4.94. The molecule has 0 aromatic carbocycles. The van der Waals surface area contributed by atoms with Gasteiger partial charge in [0.1, 0.15) is 12.2 Å². The summed E-state index contributed by atoms with van der Waals surface area (Å²) in [5.74, 6) is 3.28. The third-order valence-electron chi connectivity index (χ3n) is 4.82. The van der Waals surface area contributed by atoms with E-state index in [-0.39, 0.29) is 0 Å². The molecule has 0 amide bonds. The summed E-state index contributed by atoms with van der Waals surface area (Å²) in [4.78, 5) is 4.54. The molecule has 4 heteroatoms. The van der Waals surface area contributed by atoms with Gasteiger partial charge < -0.3 is 5.32 Å². The Balaban J connectivity index is 2.09. The molecule has 1 heterocycles. The number of hydrogen-bond donors (Lipinski definition) is 1. The standard InChI is InChI=1S/C17H32N4/c1-13(2)11-21-16(19-12-20-21)8-15-9-17(3,4)7-6-14(15)10-18-5/h12-15,18H,6-11H2,1-5H3. The lowest BCUT2D eigenvalue weighted by Gasteiger charge is -2.40. The Labute approximate surface area is 129 Å². The average molecular weight is 292 g/mol. The highest BCUT2D eigenvalue weighted by atomic mass is 15.3. The van der Waals surface area contributed by atoms with Gasteiger partial charge in [-0.2, -0.15) is 5.10 Å². The fourth-order valence-electron chi connectivity index (χ4n) is 3.74. The van der Waals surface area contributed by atoms with Crippen molar-refractivity contribution in [2.24, 2.45) is 23.2 Å². The number of nitrogens with zero attached hydrogens (tertiary/aromatic N) is 3. The lowest BCUT2D eigenvalue weighted by atomic mass is 9.66. The first-order valence-electron chi connectivity index (χ1n) is 8.42. The molecule has 1 aromatic heterocycles. The monoisotopic (exact) mass is 292 g/mol. The first-order chi connectivity index (χ1) is 9.91. The summed E-state index contributed by atoms with van der Waals surface area (Å²) in [7, 11) is 2.07. The number of rotatable bonds is 6. The molecule has 4 nitrogen and oxygen atoms in total. The molecule has 0 saturated heterocycles. The van der Waals surface area contributed by atoms with Gasteiger partial charge in [0.15, 0.2) is 0 Å². The van der Waals surface area contributed by atoms with Crippen molar-refractivity contribution < 1.29 is 0 Å². The maximum Gasteiger partial charge on any atom is 0.138 e. The van der Waals surface area contributed by atoms with Gasteiger partial charge in [0.2, 0.25) is 0 Å². The zero-order valence-corrected chi connectivity index (χ0v) is 14.4. The summed E-state index contributed by atoms with van der Waals surface area (Å²) in [5, 5.41) is 7.80. The Bertz CT molecular complexity index is 436. The molecule has 0 bridgehead atoms. The van der Waals surface area contributed by atoms with E-state index in [2.05, 4.69) is 54.8 Å². The van der Waals surface area contributed by atoms with Crippen LogP contribution in [0, 0.1) is 23.2 Å². The smallest absolute Gasteiger partial charge is 0.138 e. The van der Waals surface area contributed by atoms with Gasteiger partial charge in [0, 0.05) is 13.0 Å². The van der Waals surface area contributed by atoms with E-state index in [1.54, 1.807) is 6.33 Å². The van der Waals surface area contributed by atoms with Crippen LogP contribution in [0.15, 0.2) is 6.33 Å². The van der Waals surface area contributed by atoms with Crippen molar-refractivity contribution in [3.05, 3.63) is 12.2 Å². The number of nitrogens with one attached hydrogen (secondary N) is 1. The van der Waals surface area contributed by atoms with E-state index < -0.39 is 0 Å². The lowest BCUT2D eigenvalue weighted by molar-refractivity contribution is 0.115. The second-order valence-electron chi connectivity index (χ2n) is 7.94. The van der Waals surface area contributed by atoms with E-state index in [0.29, 0.717) is 11.3 Å². The summed E-state index contributed by atoms with van der Waals surface area (Å²) in [6.07, 6.45) is 6.76. The van der Waals surface area contributed by atoms with Gasteiger partial charge in [-0.15, -0.1) is 0 Å². The molecule has 21 heavy (non-hydrogen) atoms. The molecule has 1 N–H and O–H groups in total. The van der Waals surface area contributed by atoms with Crippen molar-refractivity contribution in [2.45, 2.75) is 59.9 Å². The van der Waals surface area contributed by atoms with Crippen molar-refractivity contribution in [2.75, 3.05) is 13.6 Å². The van der Waals surface area contributed by atoms with Gasteiger partial charge in [-0.3, -0.25) is 0 Å². The van der Waals surface area contributed by atoms with Crippen LogP contribution in [-0.2, 0) is 13.0 Å². The molecule has 1 fully saturated rings. The van der Waals surface area contributed by atoms with Crippen LogP contribution in [0.4, 0.5) is 0 Å². The molecule has 1 saturated carbocycles. The van der Waals surface area contributed by atoms with Gasteiger partial charge in [-0.25, -0.2) is 9.67 Å². The van der Waals surface area contributed by atoms with Crippen LogP contribution in [0.1, 0.15) is 52.8 Å². The maximum atomic E-state index is 4.54. The van der Waals surface area contributed by atoms with Gasteiger partial charge in [0.05, 0.1) is 0 Å². The van der Waals surface area contributed by atoms with Gasteiger partial charge in [0.25, 0.3) is 0 Å². The van der Waals surface area contributed by atoms with E-state index >= 15 is 0 Å². The highest BCUT2D eigenvalue weighted by Crippen LogP contribution is 2.42. The van der Waals surface area contributed by atoms with Crippen LogP contribution in [-0.4, -0.2) is 28.4 Å². The van der Waals surface area contributed by atoms with Crippen LogP contribution in [0.3, 0.4) is 0 Å². The van der Waals surface area contributed by atoms with Gasteiger partial charge >= 0.3 is 0 Å². The summed E-state index contributed by atoms with van der Waals surface area (Å²) in [6, 6.07) is 0. The summed E-state index contributed by atoms with van der Waals surface area (Å²) in [5.41, 5.74) is 0.470. The average Bonchev–Trinajstić information content (AvgIpc) is 2.79. The summed E-state index contributed by atoms with van der Waals surface area (Å²) < 4.78 is 2.11. The quantitative estimate of drug-likeness (QED) is 0.876. The molecule has 0 spiro atoms. The minimum Gasteiger partial charge on any atom is -0.319 e. The fourth-order valence-corrected chi connectivity index (χ4v) is 3.74. The third kappa shape index (κ3) is 4.53. The van der Waals surface area contributed by atoms with E-state index in [0.717, 1.165) is 31.3 Å². The fraction of sp³-hybridized carbons (Fsp3) is 0.882. The van der Waals surface area contributed by atoms with Crippen LogP contribution in [0.25, 0.3) is 0 Å². The van der Waals surface area contributed by atoms with Crippen molar-refractivity contribution in [3.63, 3.8) is 0 Å². The Kier molecular flexibility index (Phi) is 5.42. The molecule has 2 unspecified atom stereocenters. The maximum absolute atomic E-state index is 4.54. The topological polar surface area (TPSA) is 42.7 Å². The minimum atomic E-state index is 0.470. The number of hydrogen-bond acceptors (Lipinski definition) is 3. The molecule has 1 aliphatic carbocycles. The Morgan fingerprint density at radius 3 is 2.81 bits per heavy atom. The Hall–Kier alpha value is -0.900. The lowest BCUT2D eigenvalue weighted by Crippen LogP contribution is -2.36. The molecule has 2 atom stereocenters. The van der Waals surface area contributed by atoms with Crippen molar-refractivity contribution in [3.8, 4) is 0 Å². The molecule has 120 valence electrons. The van der Waals surface area contributed by atoms with Crippen molar-refractivity contribution in [1.29, 1.82) is 0 Å². The van der Waals surface area contributed by atoms with E-state index in [1.807, 2.05) is 0 Å². The van der Waals surface area contributed by atoms with Crippen LogP contribution in [0.2, 0.25) is 0 Å². The second-order valence-corrected chi connectivity index (χ2v) is 7.94. The third-order valence-corrected chi connectivity index (χ3v) is 4.82. The van der Waals surface area contributed by atoms with Gasteiger partial charge in [-0.05, 0) is 56.0 Å². The zero-order valence-electron chi connectivity index (χ0n) is 14.4. The van der Waals surface area contributed by atoms with Crippen LogP contribution in [0.5, 0.6) is 0 Å². The summed E-state index contributed by atoms with van der Waals surface area (Å²) in [6.45, 7) is 11.4. The highest BCUT2D eigenvalue weighted by Gasteiger charge is 2.35. The molecular formula is C17H32N4. The van der Waals surface area contributed by atoms with Crippen molar-refractivity contribution in [1.82, 2.24) is 20.1 Å². The normalized spacial score (nSPS) is 25.4. The second kappa shape index (κ2) is 6.91. The molecular weight excluding hydrogens is 260 g/mol. The first-order valence-corrected chi connectivity index (χ1v) is 8.42.